The second-order valence-corrected chi connectivity index (χ2v) is 5.70. The lowest BCUT2D eigenvalue weighted by Gasteiger charge is -2.24. The number of nitrogens with zero attached hydrogens (tertiary/aromatic N) is 2. The van der Waals surface area contributed by atoms with E-state index in [4.69, 9.17) is 0 Å². The van der Waals surface area contributed by atoms with E-state index < -0.39 is 0 Å². The number of fused-ring (bicyclic) bond motifs is 1. The molecule has 116 valence electrons. The van der Waals surface area contributed by atoms with Crippen molar-refractivity contribution in [3.05, 3.63) is 72.6 Å². The number of hydrogen-bond donors (Lipinski definition) is 1. The van der Waals surface area contributed by atoms with Crippen LogP contribution in [-0.2, 0) is 4.79 Å². The normalized spacial score (nSPS) is 12.3. The molecule has 2 aromatic carbocycles. The molecule has 1 atom stereocenters. The molecule has 1 N–H and O–H groups in total. The zero-order valence-corrected chi connectivity index (χ0v) is 13.2. The summed E-state index contributed by atoms with van der Waals surface area (Å²) in [7, 11) is 3.81. The molecule has 23 heavy (non-hydrogen) atoms. The lowest BCUT2D eigenvalue weighted by Crippen LogP contribution is -2.32. The van der Waals surface area contributed by atoms with E-state index in [-0.39, 0.29) is 11.9 Å². The predicted molar refractivity (Wildman–Crippen MR) is 93.2 cm³/mol. The first kappa shape index (κ1) is 15.2. The summed E-state index contributed by atoms with van der Waals surface area (Å²) in [5, 5.41) is 5.11. The molecule has 0 spiro atoms. The minimum absolute atomic E-state index is 0.0514. The fourth-order valence-electron chi connectivity index (χ4n) is 2.69. The van der Waals surface area contributed by atoms with Crippen molar-refractivity contribution in [2.75, 3.05) is 19.4 Å². The van der Waals surface area contributed by atoms with Crippen LogP contribution in [0.3, 0.4) is 0 Å². The fourth-order valence-corrected chi connectivity index (χ4v) is 2.69. The third kappa shape index (κ3) is 3.38. The third-order valence-electron chi connectivity index (χ3n) is 3.79. The van der Waals surface area contributed by atoms with Gasteiger partial charge >= 0.3 is 0 Å². The first-order chi connectivity index (χ1) is 11.1. The van der Waals surface area contributed by atoms with Crippen LogP contribution in [0.2, 0.25) is 0 Å². The molecule has 0 bridgehead atoms. The van der Waals surface area contributed by atoms with E-state index in [9.17, 15) is 4.79 Å². The third-order valence-corrected chi connectivity index (χ3v) is 3.79. The Balaban J connectivity index is 1.86. The highest BCUT2D eigenvalue weighted by atomic mass is 16.2. The quantitative estimate of drug-likeness (QED) is 0.802. The number of rotatable bonds is 4. The maximum absolute atomic E-state index is 12.7. The average molecular weight is 305 g/mol. The molecular weight excluding hydrogens is 286 g/mol. The molecular formula is C19H19N3O. The Morgan fingerprint density at radius 3 is 2.57 bits per heavy atom. The van der Waals surface area contributed by atoms with Gasteiger partial charge in [0.1, 0.15) is 6.04 Å². The van der Waals surface area contributed by atoms with Gasteiger partial charge in [0.05, 0.1) is 0 Å². The molecule has 4 heteroatoms. The van der Waals surface area contributed by atoms with Crippen LogP contribution < -0.4 is 5.32 Å². The molecule has 0 aliphatic carbocycles. The number of nitrogens with one attached hydrogen (secondary N) is 1. The van der Waals surface area contributed by atoms with Crippen LogP contribution in [0.4, 0.5) is 5.69 Å². The van der Waals surface area contributed by atoms with Crippen molar-refractivity contribution >= 4 is 22.4 Å². The van der Waals surface area contributed by atoms with E-state index in [1.807, 2.05) is 73.6 Å². The molecule has 0 aliphatic rings. The lowest BCUT2D eigenvalue weighted by molar-refractivity contribution is -0.120. The van der Waals surface area contributed by atoms with Crippen LogP contribution in [0, 0.1) is 0 Å². The van der Waals surface area contributed by atoms with Gasteiger partial charge in [-0.3, -0.25) is 14.7 Å². The second-order valence-electron chi connectivity index (χ2n) is 5.70. The van der Waals surface area contributed by atoms with Crippen molar-refractivity contribution in [3.63, 3.8) is 0 Å². The van der Waals surface area contributed by atoms with Gasteiger partial charge in [0.2, 0.25) is 5.91 Å². The number of carbonyl (C=O) groups is 1. The smallest absolute Gasteiger partial charge is 0.246 e. The van der Waals surface area contributed by atoms with E-state index in [1.165, 1.54) is 0 Å². The molecule has 0 aliphatic heterocycles. The number of carbonyl (C=O) groups excluding carboxylic acids is 1. The average Bonchev–Trinajstić information content (AvgIpc) is 2.55. The van der Waals surface area contributed by atoms with Crippen LogP contribution in [-0.4, -0.2) is 29.9 Å². The number of anilines is 1. The van der Waals surface area contributed by atoms with Crippen molar-refractivity contribution in [1.82, 2.24) is 9.88 Å². The molecule has 4 nitrogen and oxygen atoms in total. The van der Waals surface area contributed by atoms with Crippen LogP contribution in [0.25, 0.3) is 10.8 Å². The second kappa shape index (κ2) is 6.58. The molecule has 3 aromatic rings. The summed E-state index contributed by atoms with van der Waals surface area (Å²) in [4.78, 5) is 18.8. The molecule has 1 heterocycles. The van der Waals surface area contributed by atoms with Gasteiger partial charge in [-0.15, -0.1) is 0 Å². The van der Waals surface area contributed by atoms with E-state index in [0.29, 0.717) is 0 Å². The highest BCUT2D eigenvalue weighted by Gasteiger charge is 2.22. The van der Waals surface area contributed by atoms with Crippen molar-refractivity contribution in [2.24, 2.45) is 0 Å². The maximum atomic E-state index is 12.7. The summed E-state index contributed by atoms with van der Waals surface area (Å²) in [6.07, 6.45) is 3.56. The van der Waals surface area contributed by atoms with Gasteiger partial charge in [-0.05, 0) is 43.2 Å². The first-order valence-electron chi connectivity index (χ1n) is 7.51. The van der Waals surface area contributed by atoms with E-state index in [1.54, 1.807) is 12.4 Å². The van der Waals surface area contributed by atoms with E-state index in [2.05, 4.69) is 10.3 Å². The van der Waals surface area contributed by atoms with Crippen LogP contribution in [0.5, 0.6) is 0 Å². The Labute approximate surface area is 135 Å². The summed E-state index contributed by atoms with van der Waals surface area (Å²) in [6, 6.07) is 17.2. The predicted octanol–water partition coefficient (Wildman–Crippen LogP) is 3.48. The highest BCUT2D eigenvalue weighted by molar-refractivity contribution is 5.97. The Bertz CT molecular complexity index is 815. The Kier molecular flexibility index (Phi) is 4.35. The summed E-state index contributed by atoms with van der Waals surface area (Å²) in [5.74, 6) is -0.0514. The van der Waals surface area contributed by atoms with Gasteiger partial charge in [0, 0.05) is 23.5 Å². The largest absolute Gasteiger partial charge is 0.324 e. The number of benzene rings is 2. The number of aromatic nitrogens is 1. The summed E-state index contributed by atoms with van der Waals surface area (Å²) >= 11 is 0. The van der Waals surface area contributed by atoms with Gasteiger partial charge in [-0.1, -0.05) is 36.4 Å². The zero-order valence-electron chi connectivity index (χ0n) is 13.2. The fraction of sp³-hybridized carbons (Fsp3) is 0.158. The van der Waals surface area contributed by atoms with Gasteiger partial charge < -0.3 is 5.32 Å². The van der Waals surface area contributed by atoms with Gasteiger partial charge in [0.25, 0.3) is 0 Å². The molecule has 1 amide bonds. The molecule has 3 rings (SSSR count). The molecule has 0 saturated heterocycles. The minimum atomic E-state index is -0.333. The van der Waals surface area contributed by atoms with Crippen molar-refractivity contribution < 1.29 is 4.79 Å². The number of amides is 1. The van der Waals surface area contributed by atoms with Gasteiger partial charge in [0.15, 0.2) is 0 Å². The number of pyridine rings is 1. The Morgan fingerprint density at radius 2 is 1.83 bits per heavy atom. The summed E-state index contributed by atoms with van der Waals surface area (Å²) < 4.78 is 0. The van der Waals surface area contributed by atoms with Crippen LogP contribution in [0.15, 0.2) is 67.0 Å². The maximum Gasteiger partial charge on any atom is 0.246 e. The summed E-state index contributed by atoms with van der Waals surface area (Å²) in [6.45, 7) is 0. The van der Waals surface area contributed by atoms with Crippen molar-refractivity contribution in [3.8, 4) is 0 Å². The Morgan fingerprint density at radius 1 is 1.04 bits per heavy atom. The lowest BCUT2D eigenvalue weighted by atomic mass is 10.0. The minimum Gasteiger partial charge on any atom is -0.324 e. The number of hydrogen-bond acceptors (Lipinski definition) is 3. The molecule has 0 saturated carbocycles. The zero-order chi connectivity index (χ0) is 16.2. The molecule has 0 fully saturated rings. The van der Waals surface area contributed by atoms with Crippen molar-refractivity contribution in [1.29, 1.82) is 0 Å². The van der Waals surface area contributed by atoms with E-state index >= 15 is 0 Å². The Hall–Kier alpha value is -2.72. The molecule has 0 unspecified atom stereocenters. The number of likely N-dealkylation sites (N-methyl/N-ethyl adjacent to an activating group) is 1. The SMILES string of the molecule is CN(C)[C@@H](C(=O)Nc1ccc2ccncc2c1)c1ccccc1. The van der Waals surface area contributed by atoms with Crippen LogP contribution in [0.1, 0.15) is 11.6 Å². The van der Waals surface area contributed by atoms with E-state index in [0.717, 1.165) is 22.0 Å². The highest BCUT2D eigenvalue weighted by Crippen LogP contribution is 2.22. The first-order valence-corrected chi connectivity index (χ1v) is 7.51. The monoisotopic (exact) mass is 305 g/mol. The topological polar surface area (TPSA) is 45.2 Å². The van der Waals surface area contributed by atoms with Crippen molar-refractivity contribution in [2.45, 2.75) is 6.04 Å². The van der Waals surface area contributed by atoms with Crippen LogP contribution >= 0.6 is 0 Å². The van der Waals surface area contributed by atoms with Gasteiger partial charge in [-0.2, -0.15) is 0 Å². The summed E-state index contributed by atoms with van der Waals surface area (Å²) in [5.41, 5.74) is 1.75. The molecule has 1 aromatic heterocycles. The van der Waals surface area contributed by atoms with Gasteiger partial charge in [-0.25, -0.2) is 0 Å². The standard InChI is InChI=1S/C19H19N3O/c1-22(2)18(15-6-4-3-5-7-15)19(23)21-17-9-8-14-10-11-20-13-16(14)12-17/h3-13,18H,1-2H3,(H,21,23)/t18-/m1/s1. The molecule has 0 radical (unpaired) electrons.